The highest BCUT2D eigenvalue weighted by Gasteiger charge is 2.53. The van der Waals surface area contributed by atoms with Crippen molar-refractivity contribution in [2.75, 3.05) is 6.54 Å². The molecule has 0 aromatic carbocycles. The van der Waals surface area contributed by atoms with Crippen LogP contribution in [0, 0.1) is 0 Å². The molecule has 0 saturated carbocycles. The minimum atomic E-state index is -3.01. The number of halogens is 2. The van der Waals surface area contributed by atoms with Crippen molar-refractivity contribution in [1.82, 2.24) is 5.32 Å². The molecule has 2 N–H and O–H groups in total. The number of Topliss-reactive ketones (excluding diaryl/α,β-unsaturated/α-hetero) is 1. The molecule has 0 fully saturated rings. The first-order chi connectivity index (χ1) is 12.2. The number of rotatable bonds is 10. The Hall–Kier alpha value is -1.15. The molecule has 144 valence electrons. The van der Waals surface area contributed by atoms with Crippen molar-refractivity contribution >= 4 is 28.5 Å². The Bertz CT molecular complexity index is 713. The molecule has 7 heteroatoms. The number of hydrogen-bond acceptors (Lipinski definition) is 5. The van der Waals surface area contributed by atoms with Crippen LogP contribution in [0.5, 0.6) is 0 Å². The van der Waals surface area contributed by atoms with Gasteiger partial charge in [0.25, 0.3) is 6.43 Å². The predicted octanol–water partition coefficient (Wildman–Crippen LogP) is 4.75. The van der Waals surface area contributed by atoms with E-state index in [-0.39, 0.29) is 6.42 Å². The lowest BCUT2D eigenvalue weighted by atomic mass is 9.78. The van der Waals surface area contributed by atoms with Crippen LogP contribution >= 0.6 is 22.7 Å². The molecular weight excluding hydrogens is 376 g/mol. The van der Waals surface area contributed by atoms with Gasteiger partial charge in [-0.25, -0.2) is 8.78 Å². The number of ketones is 1. The fourth-order valence-corrected chi connectivity index (χ4v) is 4.68. The summed E-state index contributed by atoms with van der Waals surface area (Å²) in [6.45, 7) is 4.37. The highest BCUT2D eigenvalue weighted by Crippen LogP contribution is 2.32. The highest BCUT2D eigenvalue weighted by atomic mass is 32.1. The molecule has 0 aliphatic rings. The van der Waals surface area contributed by atoms with Crippen LogP contribution in [-0.4, -0.2) is 35.0 Å². The van der Waals surface area contributed by atoms with Gasteiger partial charge in [-0.15, -0.1) is 22.7 Å². The van der Waals surface area contributed by atoms with E-state index in [0.717, 1.165) is 13.3 Å². The van der Waals surface area contributed by atoms with Gasteiger partial charge < -0.3 is 10.4 Å². The molecule has 2 unspecified atom stereocenters. The normalized spacial score (nSPS) is 16.4. The van der Waals surface area contributed by atoms with Gasteiger partial charge in [-0.3, -0.25) is 4.79 Å². The number of alkyl halides is 2. The Morgan fingerprint density at radius 3 is 2.58 bits per heavy atom. The van der Waals surface area contributed by atoms with E-state index in [1.165, 1.54) is 21.6 Å². The van der Waals surface area contributed by atoms with Crippen LogP contribution < -0.4 is 5.32 Å². The van der Waals surface area contributed by atoms with E-state index >= 15 is 0 Å². The lowest BCUT2D eigenvalue weighted by Crippen LogP contribution is -2.67. The Morgan fingerprint density at radius 2 is 2.00 bits per heavy atom. The van der Waals surface area contributed by atoms with E-state index in [2.05, 4.69) is 23.5 Å². The van der Waals surface area contributed by atoms with Crippen LogP contribution in [0.3, 0.4) is 0 Å². The van der Waals surface area contributed by atoms with Crippen molar-refractivity contribution in [3.05, 3.63) is 34.5 Å². The van der Waals surface area contributed by atoms with Gasteiger partial charge in [0.05, 0.1) is 0 Å². The monoisotopic (exact) mass is 401 g/mol. The van der Waals surface area contributed by atoms with Crippen molar-refractivity contribution in [2.45, 2.75) is 57.6 Å². The van der Waals surface area contributed by atoms with E-state index in [1.807, 2.05) is 11.4 Å². The summed E-state index contributed by atoms with van der Waals surface area (Å²) in [4.78, 5) is 15.9. The van der Waals surface area contributed by atoms with Gasteiger partial charge in [0.1, 0.15) is 11.1 Å². The van der Waals surface area contributed by atoms with Gasteiger partial charge in [0.2, 0.25) is 0 Å². The van der Waals surface area contributed by atoms with Gasteiger partial charge in [-0.2, -0.15) is 0 Å². The lowest BCUT2D eigenvalue weighted by molar-refractivity contribution is -0.158. The van der Waals surface area contributed by atoms with Crippen LogP contribution in [0.2, 0.25) is 0 Å². The van der Waals surface area contributed by atoms with Crippen molar-refractivity contribution in [3.8, 4) is 9.75 Å². The second-order valence-electron chi connectivity index (χ2n) is 6.62. The van der Waals surface area contributed by atoms with E-state index in [9.17, 15) is 18.7 Å². The molecule has 2 atom stereocenters. The second-order valence-corrected chi connectivity index (χ2v) is 8.74. The molecule has 0 saturated heterocycles. The quantitative estimate of drug-likeness (QED) is 0.565. The number of thiophene rings is 2. The molecule has 0 aliphatic heterocycles. The Balaban J connectivity index is 1.95. The maximum atomic E-state index is 13.3. The first kappa shape index (κ1) is 21.2. The molecule has 2 aromatic rings. The van der Waals surface area contributed by atoms with Crippen molar-refractivity contribution in [3.63, 3.8) is 0 Å². The Labute approximate surface area is 161 Å². The fraction of sp³-hybridized carbons (Fsp3) is 0.526. The van der Waals surface area contributed by atoms with Crippen LogP contribution in [-0.2, 0) is 11.2 Å². The highest BCUT2D eigenvalue weighted by molar-refractivity contribution is 7.21. The first-order valence-corrected chi connectivity index (χ1v) is 10.3. The maximum absolute atomic E-state index is 13.3. The molecule has 26 heavy (non-hydrogen) atoms. The molecule has 0 spiro atoms. The Kier molecular flexibility index (Phi) is 7.07. The van der Waals surface area contributed by atoms with Gasteiger partial charge in [0.15, 0.2) is 5.78 Å². The molecule has 0 radical (unpaired) electrons. The summed E-state index contributed by atoms with van der Waals surface area (Å²) in [7, 11) is 0. The van der Waals surface area contributed by atoms with Crippen LogP contribution in [0.25, 0.3) is 9.75 Å². The molecule has 0 aliphatic carbocycles. The van der Waals surface area contributed by atoms with Gasteiger partial charge in [0, 0.05) is 21.1 Å². The number of nitrogens with one attached hydrogen (secondary N) is 1. The van der Waals surface area contributed by atoms with E-state index < -0.39 is 23.3 Å². The maximum Gasteiger partial charge on any atom is 0.268 e. The SMILES string of the molecule is CCC(=O)C(C)(NCCCc1ccc(-c2cccs2)s1)C(C)(O)C(F)F. The van der Waals surface area contributed by atoms with Gasteiger partial charge in [-0.1, -0.05) is 13.0 Å². The number of carbonyl (C=O) groups excluding carboxylic acids is 1. The molecule has 2 aromatic heterocycles. The van der Waals surface area contributed by atoms with Crippen molar-refractivity contribution < 1.29 is 18.7 Å². The van der Waals surface area contributed by atoms with Gasteiger partial charge in [-0.05, 0) is 56.8 Å². The standard InChI is InChI=1S/C19H25F2NO2S2/c1-4-16(23)18(2,19(3,24)17(20)21)22-11-5-7-13-9-10-15(26-13)14-8-6-12-25-14/h6,8-10,12,17,22,24H,4-5,7,11H2,1-3H3. The zero-order valence-corrected chi connectivity index (χ0v) is 16.9. The first-order valence-electron chi connectivity index (χ1n) is 8.63. The zero-order valence-electron chi connectivity index (χ0n) is 15.2. The number of hydrogen-bond donors (Lipinski definition) is 2. The number of aryl methyl sites for hydroxylation is 1. The topological polar surface area (TPSA) is 49.3 Å². The molecule has 3 nitrogen and oxygen atoms in total. The zero-order chi connectivity index (χ0) is 19.4. The van der Waals surface area contributed by atoms with Crippen LogP contribution in [0.1, 0.15) is 38.5 Å². The lowest BCUT2D eigenvalue weighted by Gasteiger charge is -2.41. The molecule has 0 bridgehead atoms. The average Bonchev–Trinajstić information content (AvgIpc) is 3.28. The average molecular weight is 402 g/mol. The summed E-state index contributed by atoms with van der Waals surface area (Å²) in [6.07, 6.45) is -1.45. The van der Waals surface area contributed by atoms with Gasteiger partial charge >= 0.3 is 0 Å². The Morgan fingerprint density at radius 1 is 1.27 bits per heavy atom. The third kappa shape index (κ3) is 4.39. The molecule has 2 rings (SSSR count). The summed E-state index contributed by atoms with van der Waals surface area (Å²) in [5.41, 5.74) is -4.09. The van der Waals surface area contributed by atoms with Crippen molar-refractivity contribution in [2.24, 2.45) is 0 Å². The largest absolute Gasteiger partial charge is 0.382 e. The van der Waals surface area contributed by atoms with Crippen LogP contribution in [0.4, 0.5) is 8.78 Å². The van der Waals surface area contributed by atoms with E-state index in [4.69, 9.17) is 0 Å². The third-order valence-corrected chi connectivity index (χ3v) is 7.03. The molecule has 2 heterocycles. The summed E-state index contributed by atoms with van der Waals surface area (Å²) in [5.74, 6) is -0.418. The summed E-state index contributed by atoms with van der Waals surface area (Å²) < 4.78 is 26.6. The number of carbonyl (C=O) groups is 1. The minimum Gasteiger partial charge on any atom is -0.382 e. The minimum absolute atomic E-state index is 0.0848. The summed E-state index contributed by atoms with van der Waals surface area (Å²) >= 11 is 3.41. The summed E-state index contributed by atoms with van der Waals surface area (Å²) in [6, 6.07) is 8.26. The molecular formula is C19H25F2NO2S2. The van der Waals surface area contributed by atoms with E-state index in [1.54, 1.807) is 29.6 Å². The predicted molar refractivity (Wildman–Crippen MR) is 104 cm³/mol. The second kappa shape index (κ2) is 8.69. The smallest absolute Gasteiger partial charge is 0.268 e. The fourth-order valence-electron chi connectivity index (χ4n) is 2.80. The van der Waals surface area contributed by atoms with E-state index in [0.29, 0.717) is 13.0 Å². The molecule has 0 amide bonds. The number of aliphatic hydroxyl groups is 1. The summed E-state index contributed by atoms with van der Waals surface area (Å²) in [5, 5.41) is 15.1. The van der Waals surface area contributed by atoms with Crippen molar-refractivity contribution in [1.29, 1.82) is 0 Å². The van der Waals surface area contributed by atoms with Crippen LogP contribution in [0.15, 0.2) is 29.6 Å². The third-order valence-electron chi connectivity index (χ3n) is 4.82.